The first-order chi connectivity index (χ1) is 9.15. The van der Waals surface area contributed by atoms with Crippen LogP contribution in [0.25, 0.3) is 0 Å². The molecule has 0 fully saturated rings. The molecule has 0 spiro atoms. The van der Waals surface area contributed by atoms with Gasteiger partial charge in [-0.05, 0) is 49.1 Å². The average molecular weight is 253 g/mol. The summed E-state index contributed by atoms with van der Waals surface area (Å²) in [7, 11) is 0. The molecule has 0 aliphatic carbocycles. The maximum atomic E-state index is 6.22. The Morgan fingerprint density at radius 3 is 2.63 bits per heavy atom. The van der Waals surface area contributed by atoms with Gasteiger partial charge in [0.05, 0.1) is 12.2 Å². The van der Waals surface area contributed by atoms with Gasteiger partial charge in [-0.3, -0.25) is 0 Å². The van der Waals surface area contributed by atoms with Gasteiger partial charge in [0, 0.05) is 0 Å². The van der Waals surface area contributed by atoms with Gasteiger partial charge in [-0.1, -0.05) is 30.3 Å². The summed E-state index contributed by atoms with van der Waals surface area (Å²) >= 11 is 0. The number of benzene rings is 2. The quantitative estimate of drug-likeness (QED) is 0.824. The Morgan fingerprint density at radius 2 is 1.84 bits per heavy atom. The van der Waals surface area contributed by atoms with Gasteiger partial charge >= 0.3 is 0 Å². The monoisotopic (exact) mass is 253 g/mol. The van der Waals surface area contributed by atoms with E-state index in [1.165, 1.54) is 22.3 Å². The number of nitrogens with one attached hydrogen (secondary N) is 1. The molecule has 2 aromatic rings. The molecule has 1 heterocycles. The highest BCUT2D eigenvalue weighted by atomic mass is 16.5. The van der Waals surface area contributed by atoms with Crippen molar-refractivity contribution in [2.75, 3.05) is 11.9 Å². The molecule has 98 valence electrons. The van der Waals surface area contributed by atoms with E-state index in [1.54, 1.807) is 0 Å². The fourth-order valence-corrected chi connectivity index (χ4v) is 2.75. The second-order valence-electron chi connectivity index (χ2n) is 5.30. The Bertz CT molecular complexity index is 619. The van der Waals surface area contributed by atoms with Crippen LogP contribution in [0, 0.1) is 20.8 Å². The lowest BCUT2D eigenvalue weighted by atomic mass is 10.0. The van der Waals surface area contributed by atoms with Crippen LogP contribution >= 0.6 is 0 Å². The van der Waals surface area contributed by atoms with Crippen LogP contribution in [0.15, 0.2) is 36.4 Å². The average Bonchev–Trinajstić information content (AvgIpc) is 2.39. The summed E-state index contributed by atoms with van der Waals surface area (Å²) in [4.78, 5) is 0. The van der Waals surface area contributed by atoms with Crippen molar-refractivity contribution < 1.29 is 4.74 Å². The highest BCUT2D eigenvalue weighted by molar-refractivity contribution is 5.63. The summed E-state index contributed by atoms with van der Waals surface area (Å²) in [6.45, 7) is 7.17. The zero-order valence-electron chi connectivity index (χ0n) is 11.7. The fourth-order valence-electron chi connectivity index (χ4n) is 2.75. The van der Waals surface area contributed by atoms with Crippen molar-refractivity contribution in [2.24, 2.45) is 0 Å². The molecule has 0 saturated heterocycles. The molecule has 0 aromatic heterocycles. The second kappa shape index (κ2) is 4.61. The number of hydrogen-bond donors (Lipinski definition) is 1. The first-order valence-corrected chi connectivity index (χ1v) is 6.72. The molecule has 1 aliphatic heterocycles. The van der Waals surface area contributed by atoms with Crippen LogP contribution in [0.5, 0.6) is 5.75 Å². The maximum absolute atomic E-state index is 6.22. The lowest BCUT2D eigenvalue weighted by Gasteiger charge is -2.30. The van der Waals surface area contributed by atoms with Crippen LogP contribution in [-0.2, 0) is 0 Å². The highest BCUT2D eigenvalue weighted by Crippen LogP contribution is 2.38. The number of ether oxygens (including phenoxy) is 1. The molecule has 2 heteroatoms. The Morgan fingerprint density at radius 1 is 1.05 bits per heavy atom. The number of aryl methyl sites for hydroxylation is 3. The molecule has 1 unspecified atom stereocenters. The molecule has 3 rings (SSSR count). The van der Waals surface area contributed by atoms with Crippen molar-refractivity contribution in [1.29, 1.82) is 0 Å². The van der Waals surface area contributed by atoms with Gasteiger partial charge in [-0.25, -0.2) is 0 Å². The Kier molecular flexibility index (Phi) is 2.94. The predicted molar refractivity (Wildman–Crippen MR) is 79.0 cm³/mol. The highest BCUT2D eigenvalue weighted by Gasteiger charge is 2.23. The lowest BCUT2D eigenvalue weighted by Crippen LogP contribution is -2.24. The van der Waals surface area contributed by atoms with E-state index in [0.29, 0.717) is 0 Å². The molecule has 0 bridgehead atoms. The van der Waals surface area contributed by atoms with Crippen LogP contribution in [-0.4, -0.2) is 6.54 Å². The topological polar surface area (TPSA) is 21.3 Å². The van der Waals surface area contributed by atoms with Crippen LogP contribution in [0.3, 0.4) is 0 Å². The molecule has 1 N–H and O–H groups in total. The molecular weight excluding hydrogens is 234 g/mol. The number of hydrogen-bond acceptors (Lipinski definition) is 2. The minimum atomic E-state index is 0.0927. The lowest BCUT2D eigenvalue weighted by molar-refractivity contribution is 0.208. The first kappa shape index (κ1) is 12.1. The zero-order valence-corrected chi connectivity index (χ0v) is 11.7. The van der Waals surface area contributed by atoms with Crippen molar-refractivity contribution in [3.63, 3.8) is 0 Å². The van der Waals surface area contributed by atoms with Crippen molar-refractivity contribution in [2.45, 2.75) is 26.9 Å². The maximum Gasteiger partial charge on any atom is 0.146 e. The molecule has 2 aromatic carbocycles. The van der Waals surface area contributed by atoms with Crippen molar-refractivity contribution in [3.05, 3.63) is 58.7 Å². The third-order valence-electron chi connectivity index (χ3n) is 3.69. The van der Waals surface area contributed by atoms with E-state index in [0.717, 1.165) is 18.0 Å². The Hall–Kier alpha value is -1.96. The van der Waals surface area contributed by atoms with Crippen LogP contribution in [0.2, 0.25) is 0 Å². The number of fused-ring (bicyclic) bond motifs is 1. The van der Waals surface area contributed by atoms with Gasteiger partial charge in [0.15, 0.2) is 0 Å². The van der Waals surface area contributed by atoms with Gasteiger partial charge in [0.1, 0.15) is 11.9 Å². The van der Waals surface area contributed by atoms with Crippen LogP contribution < -0.4 is 10.1 Å². The molecule has 2 nitrogen and oxygen atoms in total. The van der Waals surface area contributed by atoms with E-state index in [-0.39, 0.29) is 6.10 Å². The van der Waals surface area contributed by atoms with Gasteiger partial charge in [-0.15, -0.1) is 0 Å². The van der Waals surface area contributed by atoms with Gasteiger partial charge in [0.25, 0.3) is 0 Å². The van der Waals surface area contributed by atoms with E-state index in [1.807, 2.05) is 0 Å². The largest absolute Gasteiger partial charge is 0.481 e. The van der Waals surface area contributed by atoms with Crippen molar-refractivity contribution >= 4 is 5.69 Å². The van der Waals surface area contributed by atoms with E-state index < -0.39 is 0 Å². The molecule has 1 aliphatic rings. The predicted octanol–water partition coefficient (Wildman–Crippen LogP) is 4.16. The molecule has 1 atom stereocenters. The first-order valence-electron chi connectivity index (χ1n) is 6.72. The Balaban J connectivity index is 1.97. The Labute approximate surface area is 114 Å². The molecule has 0 saturated carbocycles. The van der Waals surface area contributed by atoms with E-state index in [2.05, 4.69) is 62.5 Å². The molecule has 0 radical (unpaired) electrons. The smallest absolute Gasteiger partial charge is 0.146 e. The molecule has 19 heavy (non-hydrogen) atoms. The van der Waals surface area contributed by atoms with E-state index in [9.17, 15) is 0 Å². The van der Waals surface area contributed by atoms with E-state index in [4.69, 9.17) is 4.74 Å². The summed E-state index contributed by atoms with van der Waals surface area (Å²) in [6, 6.07) is 12.7. The van der Waals surface area contributed by atoms with Crippen LogP contribution in [0.4, 0.5) is 5.69 Å². The SMILES string of the molecule is Cc1cc(C)c2c(c1)NCC(c1ccccc1C)O2. The minimum Gasteiger partial charge on any atom is -0.481 e. The standard InChI is InChI=1S/C17H19NO/c1-11-8-13(3)17-15(9-11)18-10-16(19-17)14-7-5-4-6-12(14)2/h4-9,16,18H,10H2,1-3H3. The van der Waals surface area contributed by atoms with Crippen molar-refractivity contribution in [3.8, 4) is 5.75 Å². The summed E-state index contributed by atoms with van der Waals surface area (Å²) in [6.07, 6.45) is 0.0927. The zero-order chi connectivity index (χ0) is 13.4. The summed E-state index contributed by atoms with van der Waals surface area (Å²) in [5.74, 6) is 0.991. The molecule has 0 amide bonds. The van der Waals surface area contributed by atoms with Crippen molar-refractivity contribution in [1.82, 2.24) is 0 Å². The molecular formula is C17H19NO. The normalized spacial score (nSPS) is 17.3. The van der Waals surface area contributed by atoms with E-state index >= 15 is 0 Å². The summed E-state index contributed by atoms with van der Waals surface area (Å²) in [5.41, 5.74) is 6.12. The van der Waals surface area contributed by atoms with Gasteiger partial charge in [0.2, 0.25) is 0 Å². The van der Waals surface area contributed by atoms with Gasteiger partial charge in [-0.2, -0.15) is 0 Å². The minimum absolute atomic E-state index is 0.0927. The summed E-state index contributed by atoms with van der Waals surface area (Å²) in [5, 5.41) is 3.50. The van der Waals surface area contributed by atoms with Crippen LogP contribution in [0.1, 0.15) is 28.4 Å². The number of anilines is 1. The van der Waals surface area contributed by atoms with Gasteiger partial charge < -0.3 is 10.1 Å². The second-order valence-corrected chi connectivity index (χ2v) is 5.30. The summed E-state index contributed by atoms with van der Waals surface area (Å²) < 4.78 is 6.22. The number of rotatable bonds is 1. The fraction of sp³-hybridized carbons (Fsp3) is 0.294. The third kappa shape index (κ3) is 2.19. The third-order valence-corrected chi connectivity index (χ3v) is 3.69.